The van der Waals surface area contributed by atoms with E-state index in [2.05, 4.69) is 4.98 Å². The molecule has 0 atom stereocenters. The third kappa shape index (κ3) is 0.886. The fourth-order valence-corrected chi connectivity index (χ4v) is 2.44. The van der Waals surface area contributed by atoms with Gasteiger partial charge in [-0.1, -0.05) is 12.1 Å². The maximum Gasteiger partial charge on any atom is 0.210 e. The minimum Gasteiger partial charge on any atom is -0.481 e. The Morgan fingerprint density at radius 3 is 3.07 bits per heavy atom. The Hall–Kier alpha value is -1.55. The summed E-state index contributed by atoms with van der Waals surface area (Å²) in [5.74, 6) is 0.846. The van der Waals surface area contributed by atoms with Gasteiger partial charge in [-0.25, -0.2) is 4.98 Å². The van der Waals surface area contributed by atoms with Gasteiger partial charge in [-0.2, -0.15) is 0 Å². The molecule has 3 rings (SSSR count). The van der Waals surface area contributed by atoms with Crippen molar-refractivity contribution in [2.24, 2.45) is 0 Å². The SMILES string of the molecule is COc1csc2nc3ccccc3n12. The molecule has 3 aromatic rings. The summed E-state index contributed by atoms with van der Waals surface area (Å²) in [6.07, 6.45) is 0. The van der Waals surface area contributed by atoms with Crippen LogP contribution in [0.3, 0.4) is 0 Å². The summed E-state index contributed by atoms with van der Waals surface area (Å²) in [6, 6.07) is 8.05. The van der Waals surface area contributed by atoms with Crippen molar-refractivity contribution in [3.8, 4) is 5.88 Å². The molecule has 2 aromatic heterocycles. The molecule has 0 amide bonds. The standard InChI is InChI=1S/C10H8N2OS/c1-13-9-6-14-10-11-7-4-2-3-5-8(7)12(9)10/h2-6H,1H3. The number of rotatable bonds is 1. The fourth-order valence-electron chi connectivity index (χ4n) is 1.59. The molecule has 70 valence electrons. The summed E-state index contributed by atoms with van der Waals surface area (Å²) in [6.45, 7) is 0. The van der Waals surface area contributed by atoms with E-state index < -0.39 is 0 Å². The number of thiazole rings is 1. The van der Waals surface area contributed by atoms with Crippen molar-refractivity contribution in [3.63, 3.8) is 0 Å². The number of hydrogen-bond acceptors (Lipinski definition) is 3. The molecular weight excluding hydrogens is 196 g/mol. The third-order valence-corrected chi connectivity index (χ3v) is 3.03. The van der Waals surface area contributed by atoms with E-state index in [1.54, 1.807) is 18.4 Å². The van der Waals surface area contributed by atoms with E-state index in [-0.39, 0.29) is 0 Å². The Kier molecular flexibility index (Phi) is 1.52. The molecule has 0 aliphatic rings. The van der Waals surface area contributed by atoms with E-state index >= 15 is 0 Å². The molecule has 0 aliphatic heterocycles. The van der Waals surface area contributed by atoms with Crippen molar-refractivity contribution < 1.29 is 4.74 Å². The summed E-state index contributed by atoms with van der Waals surface area (Å²) in [4.78, 5) is 5.46. The van der Waals surface area contributed by atoms with E-state index in [0.717, 1.165) is 21.9 Å². The first kappa shape index (κ1) is 7.82. The van der Waals surface area contributed by atoms with Gasteiger partial charge in [0.25, 0.3) is 0 Å². The van der Waals surface area contributed by atoms with E-state index in [4.69, 9.17) is 4.74 Å². The zero-order valence-electron chi connectivity index (χ0n) is 7.60. The number of imidazole rings is 1. The second kappa shape index (κ2) is 2.72. The van der Waals surface area contributed by atoms with Crippen LogP contribution < -0.4 is 4.74 Å². The van der Waals surface area contributed by atoms with Crippen LogP contribution in [0.5, 0.6) is 5.88 Å². The normalized spacial score (nSPS) is 11.2. The Bertz CT molecular complexity index is 596. The van der Waals surface area contributed by atoms with Crippen molar-refractivity contribution in [3.05, 3.63) is 29.6 Å². The molecule has 0 radical (unpaired) electrons. The highest BCUT2D eigenvalue weighted by Gasteiger charge is 2.09. The van der Waals surface area contributed by atoms with E-state index in [1.165, 1.54) is 0 Å². The first-order chi connectivity index (χ1) is 6.90. The number of fused-ring (bicyclic) bond motifs is 3. The predicted molar refractivity (Wildman–Crippen MR) is 57.1 cm³/mol. The summed E-state index contributed by atoms with van der Waals surface area (Å²) >= 11 is 1.59. The maximum absolute atomic E-state index is 5.27. The number of methoxy groups -OCH3 is 1. The predicted octanol–water partition coefficient (Wildman–Crippen LogP) is 2.56. The molecule has 14 heavy (non-hydrogen) atoms. The molecule has 4 heteroatoms. The smallest absolute Gasteiger partial charge is 0.210 e. The molecule has 0 saturated heterocycles. The molecule has 0 bridgehead atoms. The van der Waals surface area contributed by atoms with Crippen LogP contribution in [0.15, 0.2) is 29.6 Å². The minimum atomic E-state index is 0.846. The lowest BCUT2D eigenvalue weighted by Crippen LogP contribution is -1.87. The van der Waals surface area contributed by atoms with E-state index in [0.29, 0.717) is 0 Å². The average Bonchev–Trinajstić information content (AvgIpc) is 2.75. The lowest BCUT2D eigenvalue weighted by atomic mass is 10.3. The number of para-hydroxylation sites is 2. The molecule has 0 fully saturated rings. The van der Waals surface area contributed by atoms with Gasteiger partial charge in [-0.3, -0.25) is 4.40 Å². The van der Waals surface area contributed by atoms with Crippen LogP contribution >= 0.6 is 11.3 Å². The van der Waals surface area contributed by atoms with Crippen molar-refractivity contribution in [2.75, 3.05) is 7.11 Å². The topological polar surface area (TPSA) is 26.5 Å². The maximum atomic E-state index is 5.27. The molecule has 2 heterocycles. The summed E-state index contributed by atoms with van der Waals surface area (Å²) in [5, 5.41) is 1.97. The fraction of sp³-hybridized carbons (Fsp3) is 0.100. The van der Waals surface area contributed by atoms with Crippen LogP contribution in [0.2, 0.25) is 0 Å². The van der Waals surface area contributed by atoms with Crippen LogP contribution in [0.25, 0.3) is 16.0 Å². The molecule has 0 saturated carbocycles. The number of nitrogens with zero attached hydrogens (tertiary/aromatic N) is 2. The van der Waals surface area contributed by atoms with Crippen LogP contribution in [0.1, 0.15) is 0 Å². The van der Waals surface area contributed by atoms with Gasteiger partial charge in [0.15, 0.2) is 4.96 Å². The highest BCUT2D eigenvalue weighted by atomic mass is 32.1. The zero-order valence-corrected chi connectivity index (χ0v) is 8.41. The first-order valence-electron chi connectivity index (χ1n) is 4.29. The van der Waals surface area contributed by atoms with Gasteiger partial charge >= 0.3 is 0 Å². The Morgan fingerprint density at radius 1 is 1.36 bits per heavy atom. The number of benzene rings is 1. The average molecular weight is 204 g/mol. The lowest BCUT2D eigenvalue weighted by molar-refractivity contribution is 0.397. The summed E-state index contributed by atoms with van der Waals surface area (Å²) in [5.41, 5.74) is 2.11. The van der Waals surface area contributed by atoms with Crippen LogP contribution in [-0.2, 0) is 0 Å². The molecule has 0 spiro atoms. The zero-order chi connectivity index (χ0) is 9.54. The minimum absolute atomic E-state index is 0.846. The molecule has 0 N–H and O–H groups in total. The third-order valence-electron chi connectivity index (χ3n) is 2.22. The highest BCUT2D eigenvalue weighted by Crippen LogP contribution is 2.27. The van der Waals surface area contributed by atoms with E-state index in [9.17, 15) is 0 Å². The Morgan fingerprint density at radius 2 is 2.21 bits per heavy atom. The molecular formula is C10H8N2OS. The first-order valence-corrected chi connectivity index (χ1v) is 5.17. The van der Waals surface area contributed by atoms with Gasteiger partial charge in [0.2, 0.25) is 5.88 Å². The van der Waals surface area contributed by atoms with Crippen LogP contribution in [-0.4, -0.2) is 16.5 Å². The monoisotopic (exact) mass is 204 g/mol. The van der Waals surface area contributed by atoms with Crippen molar-refractivity contribution in [1.29, 1.82) is 0 Å². The molecule has 0 unspecified atom stereocenters. The molecule has 0 aliphatic carbocycles. The van der Waals surface area contributed by atoms with Crippen LogP contribution in [0.4, 0.5) is 0 Å². The molecule has 3 nitrogen and oxygen atoms in total. The number of aromatic nitrogens is 2. The van der Waals surface area contributed by atoms with Gasteiger partial charge in [-0.15, -0.1) is 11.3 Å². The van der Waals surface area contributed by atoms with Gasteiger partial charge in [-0.05, 0) is 12.1 Å². The van der Waals surface area contributed by atoms with Crippen LogP contribution in [0, 0.1) is 0 Å². The van der Waals surface area contributed by atoms with E-state index in [1.807, 2.05) is 34.0 Å². The van der Waals surface area contributed by atoms with Gasteiger partial charge < -0.3 is 4.74 Å². The largest absolute Gasteiger partial charge is 0.481 e. The van der Waals surface area contributed by atoms with Gasteiger partial charge in [0, 0.05) is 0 Å². The Balaban J connectivity index is 2.54. The molecule has 1 aromatic carbocycles. The van der Waals surface area contributed by atoms with Crippen molar-refractivity contribution in [2.45, 2.75) is 0 Å². The highest BCUT2D eigenvalue weighted by molar-refractivity contribution is 7.15. The van der Waals surface area contributed by atoms with Crippen molar-refractivity contribution in [1.82, 2.24) is 9.38 Å². The summed E-state index contributed by atoms with van der Waals surface area (Å²) in [7, 11) is 1.68. The second-order valence-corrected chi connectivity index (χ2v) is 3.83. The second-order valence-electron chi connectivity index (χ2n) is 3.00. The van der Waals surface area contributed by atoms with Gasteiger partial charge in [0.05, 0.1) is 23.5 Å². The number of hydrogen-bond donors (Lipinski definition) is 0. The number of ether oxygens (including phenoxy) is 1. The summed E-state index contributed by atoms with van der Waals surface area (Å²) < 4.78 is 7.30. The van der Waals surface area contributed by atoms with Gasteiger partial charge in [0.1, 0.15) is 0 Å². The lowest BCUT2D eigenvalue weighted by Gasteiger charge is -1.96. The van der Waals surface area contributed by atoms with Crippen molar-refractivity contribution >= 4 is 27.3 Å². The Labute approximate surface area is 84.6 Å². The quantitative estimate of drug-likeness (QED) is 0.609.